The van der Waals surface area contributed by atoms with Crippen LogP contribution < -0.4 is 5.32 Å². The highest BCUT2D eigenvalue weighted by Gasteiger charge is 2.55. The molecular weight excluding hydrogens is 439 g/mol. The van der Waals surface area contributed by atoms with Crippen LogP contribution >= 0.6 is 35.0 Å². The monoisotopic (exact) mass is 454 g/mol. The van der Waals surface area contributed by atoms with E-state index in [1.54, 1.807) is 12.2 Å². The Kier molecular flexibility index (Phi) is 5.37. The van der Waals surface area contributed by atoms with Gasteiger partial charge in [-0.25, -0.2) is 4.79 Å². The summed E-state index contributed by atoms with van der Waals surface area (Å²) in [6.45, 7) is 0. The summed E-state index contributed by atoms with van der Waals surface area (Å²) < 4.78 is 3.74. The molecule has 2 fully saturated rings. The lowest BCUT2D eigenvalue weighted by Gasteiger charge is -2.49. The Labute approximate surface area is 180 Å². The third-order valence-electron chi connectivity index (χ3n) is 4.75. The minimum atomic E-state index is -1.29. The van der Waals surface area contributed by atoms with E-state index in [0.29, 0.717) is 11.3 Å². The van der Waals surface area contributed by atoms with Crippen molar-refractivity contribution >= 4 is 52.7 Å². The van der Waals surface area contributed by atoms with Gasteiger partial charge in [0.2, 0.25) is 10.4 Å². The Morgan fingerprint density at radius 1 is 1.34 bits per heavy atom. The smallest absolute Gasteiger partial charge is 0.352 e. The van der Waals surface area contributed by atoms with E-state index in [4.69, 9.17) is 27.9 Å². The van der Waals surface area contributed by atoms with Crippen LogP contribution in [0, 0.1) is 0 Å². The number of hydrogen-bond donors (Lipinski definition) is 2. The van der Waals surface area contributed by atoms with Crippen molar-refractivity contribution in [2.75, 3.05) is 5.75 Å². The van der Waals surface area contributed by atoms with Crippen LogP contribution in [0.1, 0.15) is 5.56 Å². The van der Waals surface area contributed by atoms with Gasteiger partial charge in [0, 0.05) is 5.75 Å². The van der Waals surface area contributed by atoms with Crippen molar-refractivity contribution in [3.05, 3.63) is 59.3 Å². The van der Waals surface area contributed by atoms with E-state index in [-0.39, 0.29) is 18.0 Å². The first-order chi connectivity index (χ1) is 13.8. The second kappa shape index (κ2) is 7.68. The lowest BCUT2D eigenvalue weighted by atomic mass is 10.0. The molecule has 2 amide bonds. The summed E-state index contributed by atoms with van der Waals surface area (Å²) in [6, 6.07) is 8.43. The number of ether oxygens (including phenoxy) is 1. The average Bonchev–Trinajstić information content (AvgIpc) is 3.30. The SMILES string of the molecule is O=C(Cc1ccccc1)NC1C(=O)N2C(C(=O)O)=C(C=CC3OC3(Cl)Cl)CSC12. The highest BCUT2D eigenvalue weighted by Crippen LogP contribution is 2.46. The van der Waals surface area contributed by atoms with Crippen LogP contribution in [0.3, 0.4) is 0 Å². The Morgan fingerprint density at radius 2 is 2.03 bits per heavy atom. The first-order valence-corrected chi connectivity index (χ1v) is 10.6. The van der Waals surface area contributed by atoms with Crippen LogP contribution in [-0.2, 0) is 25.5 Å². The predicted octanol–water partition coefficient (Wildman–Crippen LogP) is 2.05. The van der Waals surface area contributed by atoms with Crippen LogP contribution in [0.4, 0.5) is 0 Å². The van der Waals surface area contributed by atoms with Gasteiger partial charge in [-0.15, -0.1) is 11.8 Å². The molecule has 0 aromatic heterocycles. The van der Waals surface area contributed by atoms with Gasteiger partial charge in [-0.1, -0.05) is 59.6 Å². The first kappa shape index (κ1) is 20.3. The predicted molar refractivity (Wildman–Crippen MR) is 108 cm³/mol. The number of nitrogens with one attached hydrogen (secondary N) is 1. The molecular formula is C19H16Cl2N2O5S. The van der Waals surface area contributed by atoms with Gasteiger partial charge in [-0.3, -0.25) is 14.5 Å². The molecule has 0 bridgehead atoms. The second-order valence-electron chi connectivity index (χ2n) is 6.76. The Hall–Kier alpha value is -2.00. The number of carboxylic acid groups (broad SMARTS) is 1. The Morgan fingerprint density at radius 3 is 2.66 bits per heavy atom. The largest absolute Gasteiger partial charge is 0.477 e. The number of alkyl halides is 2. The van der Waals surface area contributed by atoms with Crippen molar-refractivity contribution in [1.82, 2.24) is 10.2 Å². The van der Waals surface area contributed by atoms with E-state index in [1.807, 2.05) is 30.3 Å². The third kappa shape index (κ3) is 4.02. The molecule has 0 saturated carbocycles. The summed E-state index contributed by atoms with van der Waals surface area (Å²) >= 11 is 13.0. The minimum absolute atomic E-state index is 0.0982. The number of carbonyl (C=O) groups is 3. The molecule has 2 N–H and O–H groups in total. The highest BCUT2D eigenvalue weighted by molar-refractivity contribution is 8.00. The van der Waals surface area contributed by atoms with Gasteiger partial charge in [0.15, 0.2) is 0 Å². The van der Waals surface area contributed by atoms with Gasteiger partial charge in [0.1, 0.15) is 23.2 Å². The number of carbonyl (C=O) groups excluding carboxylic acids is 2. The number of benzene rings is 1. The van der Waals surface area contributed by atoms with Crippen LogP contribution in [0.25, 0.3) is 0 Å². The third-order valence-corrected chi connectivity index (χ3v) is 6.67. The Balaban J connectivity index is 1.45. The molecule has 152 valence electrons. The van der Waals surface area contributed by atoms with Gasteiger partial charge in [-0.05, 0) is 17.2 Å². The van der Waals surface area contributed by atoms with Crippen LogP contribution in [0.15, 0.2) is 53.8 Å². The highest BCUT2D eigenvalue weighted by atomic mass is 35.5. The molecule has 2 saturated heterocycles. The molecule has 3 atom stereocenters. The number of amides is 2. The summed E-state index contributed by atoms with van der Waals surface area (Å²) in [6.07, 6.45) is 2.77. The molecule has 4 rings (SSSR count). The van der Waals surface area contributed by atoms with Crippen molar-refractivity contribution < 1.29 is 24.2 Å². The summed E-state index contributed by atoms with van der Waals surface area (Å²) in [4.78, 5) is 37.9. The van der Waals surface area contributed by atoms with Gasteiger partial charge >= 0.3 is 5.97 Å². The maximum atomic E-state index is 12.6. The molecule has 3 unspecified atom stereocenters. The number of halogens is 2. The van der Waals surface area contributed by atoms with E-state index >= 15 is 0 Å². The summed E-state index contributed by atoms with van der Waals surface area (Å²) in [5.41, 5.74) is 1.19. The van der Waals surface area contributed by atoms with Crippen molar-refractivity contribution in [3.63, 3.8) is 0 Å². The maximum absolute atomic E-state index is 12.6. The molecule has 7 nitrogen and oxygen atoms in total. The summed E-state index contributed by atoms with van der Waals surface area (Å²) in [5.74, 6) is -1.58. The number of β-lactam (4-membered cyclic amide) rings is 1. The van der Waals surface area contributed by atoms with E-state index in [0.717, 1.165) is 5.56 Å². The molecule has 3 aliphatic rings. The maximum Gasteiger partial charge on any atom is 0.352 e. The van der Waals surface area contributed by atoms with Gasteiger partial charge < -0.3 is 15.2 Å². The summed E-state index contributed by atoms with van der Waals surface area (Å²) in [7, 11) is 0. The van der Waals surface area contributed by atoms with Crippen molar-refractivity contribution in [3.8, 4) is 0 Å². The van der Waals surface area contributed by atoms with Crippen LogP contribution in [-0.4, -0.2) is 55.6 Å². The number of epoxide rings is 1. The number of thioether (sulfide) groups is 1. The zero-order chi connectivity index (χ0) is 20.8. The number of carboxylic acids is 1. The zero-order valence-electron chi connectivity index (χ0n) is 14.9. The van der Waals surface area contributed by atoms with Gasteiger partial charge in [-0.2, -0.15) is 0 Å². The lowest BCUT2D eigenvalue weighted by molar-refractivity contribution is -0.150. The number of aliphatic carboxylic acids is 1. The van der Waals surface area contributed by atoms with Crippen molar-refractivity contribution in [1.29, 1.82) is 0 Å². The number of allylic oxidation sites excluding steroid dienone is 1. The number of fused-ring (bicyclic) bond motifs is 1. The van der Waals surface area contributed by atoms with Gasteiger partial charge in [0.05, 0.1) is 6.42 Å². The van der Waals surface area contributed by atoms with Crippen molar-refractivity contribution in [2.24, 2.45) is 0 Å². The number of nitrogens with zero attached hydrogens (tertiary/aromatic N) is 1. The van der Waals surface area contributed by atoms with E-state index in [9.17, 15) is 19.5 Å². The minimum Gasteiger partial charge on any atom is -0.477 e. The molecule has 1 aromatic carbocycles. The first-order valence-electron chi connectivity index (χ1n) is 8.76. The topological polar surface area (TPSA) is 99.2 Å². The molecule has 1 aromatic rings. The molecule has 0 spiro atoms. The lowest BCUT2D eigenvalue weighted by Crippen LogP contribution is -2.70. The average molecular weight is 455 g/mol. The van der Waals surface area contributed by atoms with E-state index in [2.05, 4.69) is 5.32 Å². The number of hydrogen-bond acceptors (Lipinski definition) is 5. The fourth-order valence-corrected chi connectivity index (χ4v) is 4.92. The fraction of sp³-hybridized carbons (Fsp3) is 0.316. The number of rotatable bonds is 6. The van der Waals surface area contributed by atoms with E-state index < -0.39 is 33.9 Å². The molecule has 0 aliphatic carbocycles. The summed E-state index contributed by atoms with van der Waals surface area (Å²) in [5, 5.41) is 11.9. The molecule has 0 radical (unpaired) electrons. The normalized spacial score (nSPS) is 27.4. The zero-order valence-corrected chi connectivity index (χ0v) is 17.2. The molecule has 3 heterocycles. The van der Waals surface area contributed by atoms with Crippen molar-refractivity contribution in [2.45, 2.75) is 28.5 Å². The molecule has 10 heteroatoms. The second-order valence-corrected chi connectivity index (χ2v) is 9.18. The fourth-order valence-electron chi connectivity index (χ4n) is 3.27. The Bertz CT molecular complexity index is 934. The van der Waals surface area contributed by atoms with Gasteiger partial charge in [0.25, 0.3) is 5.91 Å². The van der Waals surface area contributed by atoms with Crippen LogP contribution in [0.2, 0.25) is 0 Å². The molecule has 3 aliphatic heterocycles. The quantitative estimate of drug-likeness (QED) is 0.387. The van der Waals surface area contributed by atoms with Crippen LogP contribution in [0.5, 0.6) is 0 Å². The molecule has 29 heavy (non-hydrogen) atoms. The van der Waals surface area contributed by atoms with E-state index in [1.165, 1.54) is 16.7 Å². The standard InChI is InChI=1S/C19H16Cl2N2O5S/c20-19(21)12(28-19)7-6-11-9-29-17-14(16(25)23(17)15(11)18(26)27)22-13(24)8-10-4-2-1-3-5-10/h1-7,12,14,17H,8-9H2,(H,22,24)(H,26,27).